The molecule has 0 unspecified atom stereocenters. The van der Waals surface area contributed by atoms with E-state index in [-0.39, 0.29) is 23.4 Å². The molecule has 0 fully saturated rings. The molecule has 1 nitrogen and oxygen atoms in total. The van der Waals surface area contributed by atoms with Gasteiger partial charge in [0, 0.05) is 11.6 Å². The zero-order chi connectivity index (χ0) is 10.9. The van der Waals surface area contributed by atoms with Gasteiger partial charge in [0.05, 0.1) is 0 Å². The number of halogens is 3. The summed E-state index contributed by atoms with van der Waals surface area (Å²) in [5.41, 5.74) is 5.79. The maximum Gasteiger partial charge on any atom is 0.128 e. The molecule has 0 aliphatic rings. The van der Waals surface area contributed by atoms with Crippen LogP contribution in [0, 0.1) is 17.0 Å². The van der Waals surface area contributed by atoms with Crippen LogP contribution >= 0.6 is 12.4 Å². The first kappa shape index (κ1) is 14.3. The summed E-state index contributed by atoms with van der Waals surface area (Å²) in [6.45, 7) is 5.67. The van der Waals surface area contributed by atoms with E-state index >= 15 is 0 Å². The van der Waals surface area contributed by atoms with Crippen molar-refractivity contribution in [1.82, 2.24) is 0 Å². The first-order chi connectivity index (χ1) is 6.32. The van der Waals surface area contributed by atoms with Crippen LogP contribution in [0.1, 0.15) is 32.4 Å². The first-order valence-corrected chi connectivity index (χ1v) is 4.53. The summed E-state index contributed by atoms with van der Waals surface area (Å²) in [5, 5.41) is 0. The van der Waals surface area contributed by atoms with Crippen LogP contribution in [0.2, 0.25) is 0 Å². The first-order valence-electron chi connectivity index (χ1n) is 4.53. The van der Waals surface area contributed by atoms with Crippen LogP contribution in [0.25, 0.3) is 0 Å². The summed E-state index contributed by atoms with van der Waals surface area (Å²) in [7, 11) is 0. The molecule has 2 N–H and O–H groups in total. The number of benzene rings is 1. The second-order valence-electron chi connectivity index (χ2n) is 4.51. The van der Waals surface area contributed by atoms with Gasteiger partial charge in [0.15, 0.2) is 0 Å². The van der Waals surface area contributed by atoms with Crippen molar-refractivity contribution in [2.45, 2.75) is 26.8 Å². The number of hydrogen-bond donors (Lipinski definition) is 1. The van der Waals surface area contributed by atoms with E-state index in [0.717, 1.165) is 18.2 Å². The Bertz CT molecular complexity index is 334. The molecular weight excluding hydrogens is 220 g/mol. The third-order valence-corrected chi connectivity index (χ3v) is 2.23. The van der Waals surface area contributed by atoms with Crippen molar-refractivity contribution in [3.63, 3.8) is 0 Å². The van der Waals surface area contributed by atoms with Crippen molar-refractivity contribution in [3.8, 4) is 0 Å². The van der Waals surface area contributed by atoms with Crippen molar-refractivity contribution in [1.29, 1.82) is 0 Å². The fourth-order valence-electron chi connectivity index (χ4n) is 1.22. The average Bonchev–Trinajstić information content (AvgIpc) is 2.06. The Morgan fingerprint density at radius 2 is 1.73 bits per heavy atom. The van der Waals surface area contributed by atoms with Gasteiger partial charge in [-0.3, -0.25) is 0 Å². The Labute approximate surface area is 95.1 Å². The van der Waals surface area contributed by atoms with Gasteiger partial charge in [0.25, 0.3) is 0 Å². The Morgan fingerprint density at radius 1 is 1.20 bits per heavy atom. The van der Waals surface area contributed by atoms with Gasteiger partial charge >= 0.3 is 0 Å². The fraction of sp³-hybridized carbons (Fsp3) is 0.455. The van der Waals surface area contributed by atoms with E-state index < -0.39 is 17.7 Å². The normalized spacial score (nSPS) is 13.2. The summed E-state index contributed by atoms with van der Waals surface area (Å²) >= 11 is 0. The van der Waals surface area contributed by atoms with E-state index in [1.807, 2.05) is 20.8 Å². The van der Waals surface area contributed by atoms with Gasteiger partial charge in [-0.05, 0) is 23.6 Å². The molecule has 0 saturated heterocycles. The molecule has 15 heavy (non-hydrogen) atoms. The molecule has 4 heteroatoms. The zero-order valence-electron chi connectivity index (χ0n) is 9.05. The minimum absolute atomic E-state index is 0. The average molecular weight is 236 g/mol. The Morgan fingerprint density at radius 3 is 2.20 bits per heavy atom. The van der Waals surface area contributed by atoms with Gasteiger partial charge < -0.3 is 5.73 Å². The Balaban J connectivity index is 0.00000196. The Hall–Kier alpha value is -0.670. The lowest BCUT2D eigenvalue weighted by Crippen LogP contribution is -2.27. The molecule has 0 aliphatic heterocycles. The number of nitrogens with two attached hydrogens (primary N) is 1. The molecule has 86 valence electrons. The SMILES string of the molecule is CC(C)(C)[C@@H](N)c1cc(F)ccc1F.Cl. The van der Waals surface area contributed by atoms with E-state index in [0.29, 0.717) is 0 Å². The standard InChI is InChI=1S/C11H15F2N.ClH/c1-11(2,3)10(14)8-6-7(12)4-5-9(8)13;/h4-6,10H,14H2,1-3H3;1H/t10-;/m0./s1. The molecule has 0 amide bonds. The van der Waals surface area contributed by atoms with Gasteiger partial charge in [-0.2, -0.15) is 0 Å². The minimum Gasteiger partial charge on any atom is -0.323 e. The van der Waals surface area contributed by atoms with Crippen LogP contribution in [-0.2, 0) is 0 Å². The van der Waals surface area contributed by atoms with Crippen LogP contribution in [0.4, 0.5) is 8.78 Å². The fourth-order valence-corrected chi connectivity index (χ4v) is 1.22. The second kappa shape index (κ2) is 4.90. The van der Waals surface area contributed by atoms with Crippen LogP contribution in [-0.4, -0.2) is 0 Å². The molecule has 0 radical (unpaired) electrons. The highest BCUT2D eigenvalue weighted by molar-refractivity contribution is 5.85. The van der Waals surface area contributed by atoms with Crippen LogP contribution in [0.3, 0.4) is 0 Å². The monoisotopic (exact) mass is 235 g/mol. The Kier molecular flexibility index (Phi) is 4.68. The summed E-state index contributed by atoms with van der Waals surface area (Å²) in [5.74, 6) is -0.907. The van der Waals surface area contributed by atoms with E-state index in [9.17, 15) is 8.78 Å². The van der Waals surface area contributed by atoms with Gasteiger partial charge in [-0.15, -0.1) is 12.4 Å². The summed E-state index contributed by atoms with van der Waals surface area (Å²) in [4.78, 5) is 0. The lowest BCUT2D eigenvalue weighted by molar-refractivity contribution is 0.318. The molecule has 0 saturated carbocycles. The summed E-state index contributed by atoms with van der Waals surface area (Å²) in [6, 6.07) is 2.86. The summed E-state index contributed by atoms with van der Waals surface area (Å²) < 4.78 is 26.2. The van der Waals surface area contributed by atoms with Crippen molar-refractivity contribution in [2.24, 2.45) is 11.1 Å². The topological polar surface area (TPSA) is 26.0 Å². The maximum absolute atomic E-state index is 13.3. The van der Waals surface area contributed by atoms with Crippen molar-refractivity contribution >= 4 is 12.4 Å². The van der Waals surface area contributed by atoms with E-state index in [1.165, 1.54) is 0 Å². The highest BCUT2D eigenvalue weighted by Crippen LogP contribution is 2.31. The molecule has 0 spiro atoms. The number of hydrogen-bond acceptors (Lipinski definition) is 1. The maximum atomic E-state index is 13.3. The quantitative estimate of drug-likeness (QED) is 0.793. The molecule has 1 aromatic carbocycles. The van der Waals surface area contributed by atoms with Crippen LogP contribution in [0.15, 0.2) is 18.2 Å². The van der Waals surface area contributed by atoms with E-state index in [2.05, 4.69) is 0 Å². The molecule has 0 aliphatic carbocycles. The molecule has 1 aromatic rings. The number of rotatable bonds is 1. The van der Waals surface area contributed by atoms with Gasteiger partial charge in [-0.25, -0.2) is 8.78 Å². The summed E-state index contributed by atoms with van der Waals surface area (Å²) in [6.07, 6.45) is 0. The molecule has 0 bridgehead atoms. The van der Waals surface area contributed by atoms with Crippen molar-refractivity contribution in [2.75, 3.05) is 0 Å². The van der Waals surface area contributed by atoms with Gasteiger partial charge in [0.1, 0.15) is 11.6 Å². The third-order valence-electron chi connectivity index (χ3n) is 2.23. The molecule has 1 rings (SSSR count). The molecule has 0 heterocycles. The lowest BCUT2D eigenvalue weighted by Gasteiger charge is -2.27. The highest BCUT2D eigenvalue weighted by Gasteiger charge is 2.25. The molecule has 0 aromatic heterocycles. The van der Waals surface area contributed by atoms with Gasteiger partial charge in [0.2, 0.25) is 0 Å². The largest absolute Gasteiger partial charge is 0.323 e. The van der Waals surface area contributed by atoms with Gasteiger partial charge in [-0.1, -0.05) is 20.8 Å². The molecular formula is C11H16ClF2N. The zero-order valence-corrected chi connectivity index (χ0v) is 9.87. The van der Waals surface area contributed by atoms with Crippen LogP contribution < -0.4 is 5.73 Å². The van der Waals surface area contributed by atoms with Crippen molar-refractivity contribution < 1.29 is 8.78 Å². The second-order valence-corrected chi connectivity index (χ2v) is 4.51. The smallest absolute Gasteiger partial charge is 0.128 e. The molecule has 1 atom stereocenters. The highest BCUT2D eigenvalue weighted by atomic mass is 35.5. The third kappa shape index (κ3) is 3.43. The van der Waals surface area contributed by atoms with Crippen molar-refractivity contribution in [3.05, 3.63) is 35.4 Å². The van der Waals surface area contributed by atoms with E-state index in [4.69, 9.17) is 5.73 Å². The predicted molar refractivity (Wildman–Crippen MR) is 60.0 cm³/mol. The minimum atomic E-state index is -0.502. The predicted octanol–water partition coefficient (Wildman–Crippen LogP) is 3.43. The lowest BCUT2D eigenvalue weighted by atomic mass is 9.83. The van der Waals surface area contributed by atoms with Crippen LogP contribution in [0.5, 0.6) is 0 Å². The van der Waals surface area contributed by atoms with E-state index in [1.54, 1.807) is 0 Å².